The van der Waals surface area contributed by atoms with Crippen molar-refractivity contribution in [2.75, 3.05) is 5.32 Å². The molecule has 0 fully saturated rings. The summed E-state index contributed by atoms with van der Waals surface area (Å²) in [5.41, 5.74) is 1.98. The van der Waals surface area contributed by atoms with Crippen LogP contribution in [0, 0.1) is 0 Å². The van der Waals surface area contributed by atoms with Crippen molar-refractivity contribution in [3.05, 3.63) is 78.5 Å². The number of amides is 1. The van der Waals surface area contributed by atoms with Gasteiger partial charge in [-0.3, -0.25) is 9.78 Å². The van der Waals surface area contributed by atoms with E-state index < -0.39 is 0 Å². The Hall–Kier alpha value is -3.28. The lowest BCUT2D eigenvalue weighted by molar-refractivity contribution is 0.0945. The highest BCUT2D eigenvalue weighted by Crippen LogP contribution is 2.13. The molecule has 3 aromatic rings. The lowest BCUT2D eigenvalue weighted by atomic mass is 10.3. The molecule has 0 atom stereocenters. The molecule has 0 saturated heterocycles. The molecule has 2 aromatic heterocycles. The van der Waals surface area contributed by atoms with Gasteiger partial charge in [-0.1, -0.05) is 24.3 Å². The van der Waals surface area contributed by atoms with Crippen LogP contribution in [0.4, 0.5) is 11.5 Å². The molecule has 0 aliphatic heterocycles. The molecule has 114 valence electrons. The van der Waals surface area contributed by atoms with Crippen molar-refractivity contribution in [2.45, 2.75) is 6.54 Å². The number of nitrogens with one attached hydrogen (secondary N) is 2. The summed E-state index contributed by atoms with van der Waals surface area (Å²) in [5.74, 6) is 0.295. The molecule has 2 heterocycles. The number of carbonyl (C=O) groups is 1. The normalized spacial score (nSPS) is 10.1. The average molecular weight is 305 g/mol. The van der Waals surface area contributed by atoms with E-state index in [1.807, 2.05) is 48.5 Å². The molecule has 0 radical (unpaired) electrons. The van der Waals surface area contributed by atoms with Gasteiger partial charge in [0.25, 0.3) is 5.91 Å². The number of pyridine rings is 1. The van der Waals surface area contributed by atoms with E-state index in [1.165, 1.54) is 6.33 Å². The summed E-state index contributed by atoms with van der Waals surface area (Å²) < 4.78 is 0. The fraction of sp³-hybridized carbons (Fsp3) is 0.0588. The lowest BCUT2D eigenvalue weighted by Gasteiger charge is -2.07. The SMILES string of the molecule is O=C(NCc1ccccn1)c1cc(Nc2ccccc2)ncn1. The van der Waals surface area contributed by atoms with Crippen LogP contribution < -0.4 is 10.6 Å². The van der Waals surface area contributed by atoms with Crippen molar-refractivity contribution in [3.8, 4) is 0 Å². The van der Waals surface area contributed by atoms with Crippen LogP contribution in [0.2, 0.25) is 0 Å². The van der Waals surface area contributed by atoms with Crippen molar-refractivity contribution in [2.24, 2.45) is 0 Å². The molecule has 0 spiro atoms. The standard InChI is InChI=1S/C17H15N5O/c23-17(19-11-14-8-4-5-9-18-14)15-10-16(21-12-20-15)22-13-6-2-1-3-7-13/h1-10,12H,11H2,(H,19,23)(H,20,21,22). The van der Waals surface area contributed by atoms with Crippen LogP contribution in [0.15, 0.2) is 67.1 Å². The van der Waals surface area contributed by atoms with Gasteiger partial charge in [0.15, 0.2) is 0 Å². The molecule has 0 unspecified atom stereocenters. The summed E-state index contributed by atoms with van der Waals surface area (Å²) in [4.78, 5) is 24.5. The highest BCUT2D eigenvalue weighted by molar-refractivity contribution is 5.92. The summed E-state index contributed by atoms with van der Waals surface area (Å²) in [6.45, 7) is 0.352. The Balaban J connectivity index is 1.65. The first kappa shape index (κ1) is 14.6. The number of carbonyl (C=O) groups excluding carboxylic acids is 1. The quantitative estimate of drug-likeness (QED) is 0.757. The van der Waals surface area contributed by atoms with Crippen LogP contribution in [0.25, 0.3) is 0 Å². The minimum atomic E-state index is -0.269. The van der Waals surface area contributed by atoms with Crippen LogP contribution in [0.5, 0.6) is 0 Å². The van der Waals surface area contributed by atoms with Crippen molar-refractivity contribution in [3.63, 3.8) is 0 Å². The molecule has 6 nitrogen and oxygen atoms in total. The second-order valence-electron chi connectivity index (χ2n) is 4.78. The van der Waals surface area contributed by atoms with Crippen LogP contribution in [-0.2, 0) is 6.54 Å². The smallest absolute Gasteiger partial charge is 0.270 e. The fourth-order valence-electron chi connectivity index (χ4n) is 1.98. The van der Waals surface area contributed by atoms with E-state index in [4.69, 9.17) is 0 Å². The number of aromatic nitrogens is 3. The largest absolute Gasteiger partial charge is 0.345 e. The van der Waals surface area contributed by atoms with Crippen LogP contribution in [0.1, 0.15) is 16.2 Å². The molecule has 0 saturated carbocycles. The summed E-state index contributed by atoms with van der Waals surface area (Å²) >= 11 is 0. The number of hydrogen-bond donors (Lipinski definition) is 2. The van der Waals surface area contributed by atoms with Gasteiger partial charge >= 0.3 is 0 Å². The molecule has 3 rings (SSSR count). The van der Waals surface area contributed by atoms with Crippen LogP contribution in [-0.4, -0.2) is 20.9 Å². The van der Waals surface area contributed by atoms with Gasteiger partial charge in [-0.25, -0.2) is 9.97 Å². The third kappa shape index (κ3) is 4.10. The Labute approximate surface area is 133 Å². The predicted octanol–water partition coefficient (Wildman–Crippen LogP) is 2.55. The number of para-hydroxylation sites is 1. The van der Waals surface area contributed by atoms with Crippen molar-refractivity contribution < 1.29 is 4.79 Å². The van der Waals surface area contributed by atoms with Gasteiger partial charge < -0.3 is 10.6 Å². The Kier molecular flexibility index (Phi) is 4.54. The van der Waals surface area contributed by atoms with Crippen LogP contribution in [0.3, 0.4) is 0 Å². The Morgan fingerprint density at radius 1 is 0.957 bits per heavy atom. The maximum atomic E-state index is 12.2. The molecule has 0 aliphatic rings. The van der Waals surface area contributed by atoms with E-state index in [1.54, 1.807) is 12.3 Å². The number of anilines is 2. The molecule has 1 aromatic carbocycles. The number of rotatable bonds is 5. The summed E-state index contributed by atoms with van der Waals surface area (Å²) in [6, 6.07) is 16.8. The van der Waals surface area contributed by atoms with E-state index in [9.17, 15) is 4.79 Å². The maximum absolute atomic E-state index is 12.2. The summed E-state index contributed by atoms with van der Waals surface area (Å²) in [6.07, 6.45) is 3.05. The van der Waals surface area contributed by atoms with Crippen molar-refractivity contribution >= 4 is 17.4 Å². The minimum Gasteiger partial charge on any atom is -0.345 e. The second kappa shape index (κ2) is 7.13. The zero-order valence-corrected chi connectivity index (χ0v) is 12.3. The lowest BCUT2D eigenvalue weighted by Crippen LogP contribution is -2.24. The van der Waals surface area contributed by atoms with E-state index >= 15 is 0 Å². The molecular formula is C17H15N5O. The van der Waals surface area contributed by atoms with Gasteiger partial charge in [0, 0.05) is 18.0 Å². The van der Waals surface area contributed by atoms with E-state index in [2.05, 4.69) is 25.6 Å². The molecule has 0 bridgehead atoms. The monoisotopic (exact) mass is 305 g/mol. The number of nitrogens with zero attached hydrogens (tertiary/aromatic N) is 3. The van der Waals surface area contributed by atoms with Crippen molar-refractivity contribution in [1.82, 2.24) is 20.3 Å². The zero-order chi connectivity index (χ0) is 15.9. The first-order valence-electron chi connectivity index (χ1n) is 7.13. The summed E-state index contributed by atoms with van der Waals surface area (Å²) in [5, 5.41) is 5.92. The molecule has 0 aliphatic carbocycles. The first-order chi connectivity index (χ1) is 11.3. The number of hydrogen-bond acceptors (Lipinski definition) is 5. The van der Waals surface area contributed by atoms with Gasteiger partial charge in [-0.05, 0) is 24.3 Å². The third-order valence-corrected chi connectivity index (χ3v) is 3.10. The summed E-state index contributed by atoms with van der Waals surface area (Å²) in [7, 11) is 0. The van der Waals surface area contributed by atoms with E-state index in [-0.39, 0.29) is 5.91 Å². The van der Waals surface area contributed by atoms with Gasteiger partial charge in [0.2, 0.25) is 0 Å². The number of benzene rings is 1. The van der Waals surface area contributed by atoms with E-state index in [0.717, 1.165) is 11.4 Å². The predicted molar refractivity (Wildman–Crippen MR) is 87.2 cm³/mol. The molecule has 23 heavy (non-hydrogen) atoms. The van der Waals surface area contributed by atoms with E-state index in [0.29, 0.717) is 18.1 Å². The topological polar surface area (TPSA) is 79.8 Å². The van der Waals surface area contributed by atoms with Gasteiger partial charge in [-0.2, -0.15) is 0 Å². The Morgan fingerprint density at radius 2 is 1.78 bits per heavy atom. The van der Waals surface area contributed by atoms with Gasteiger partial charge in [0.1, 0.15) is 17.8 Å². The molecule has 6 heteroatoms. The minimum absolute atomic E-state index is 0.269. The Bertz CT molecular complexity index is 777. The molecule has 1 amide bonds. The zero-order valence-electron chi connectivity index (χ0n) is 12.3. The third-order valence-electron chi connectivity index (χ3n) is 3.10. The molecule has 2 N–H and O–H groups in total. The highest BCUT2D eigenvalue weighted by atomic mass is 16.1. The van der Waals surface area contributed by atoms with Gasteiger partial charge in [0.05, 0.1) is 12.2 Å². The molecular weight excluding hydrogens is 290 g/mol. The highest BCUT2D eigenvalue weighted by Gasteiger charge is 2.09. The van der Waals surface area contributed by atoms with Gasteiger partial charge in [-0.15, -0.1) is 0 Å². The first-order valence-corrected chi connectivity index (χ1v) is 7.13. The fourth-order valence-corrected chi connectivity index (χ4v) is 1.98. The maximum Gasteiger partial charge on any atom is 0.270 e. The van der Waals surface area contributed by atoms with Crippen LogP contribution >= 0.6 is 0 Å². The van der Waals surface area contributed by atoms with Crippen molar-refractivity contribution in [1.29, 1.82) is 0 Å². The second-order valence-corrected chi connectivity index (χ2v) is 4.78. The average Bonchev–Trinajstić information content (AvgIpc) is 2.62. The Morgan fingerprint density at radius 3 is 2.57 bits per heavy atom.